The van der Waals surface area contributed by atoms with Gasteiger partial charge in [-0.15, -0.1) is 0 Å². The number of amides is 1. The minimum absolute atomic E-state index is 0.0469. The van der Waals surface area contributed by atoms with Crippen LogP contribution in [0.15, 0.2) is 53.1 Å². The first kappa shape index (κ1) is 14.8. The number of hydrogen-bond donors (Lipinski definition) is 1. The highest BCUT2D eigenvalue weighted by Crippen LogP contribution is 2.09. The van der Waals surface area contributed by atoms with Crippen LogP contribution in [-0.2, 0) is 11.3 Å². The highest BCUT2D eigenvalue weighted by molar-refractivity contribution is 5.92. The summed E-state index contributed by atoms with van der Waals surface area (Å²) in [5.74, 6) is 1.04. The van der Waals surface area contributed by atoms with Gasteiger partial charge in [-0.25, -0.2) is 0 Å². The Balaban J connectivity index is 1.41. The molecule has 0 radical (unpaired) electrons. The maximum Gasteiger partial charge on any atom is 0.238 e. The van der Waals surface area contributed by atoms with E-state index in [2.05, 4.69) is 15.1 Å². The second-order valence-corrected chi connectivity index (χ2v) is 5.55. The molecule has 0 spiro atoms. The molecule has 0 saturated carbocycles. The van der Waals surface area contributed by atoms with Gasteiger partial charge in [-0.1, -0.05) is 18.2 Å². The predicted octanol–water partition coefficient (Wildman–Crippen LogP) is 2.04. The van der Waals surface area contributed by atoms with Crippen molar-refractivity contribution < 1.29 is 9.21 Å². The number of carbonyl (C=O) groups is 1. The van der Waals surface area contributed by atoms with Gasteiger partial charge in [-0.2, -0.15) is 0 Å². The molecule has 1 amide bonds. The average molecular weight is 299 g/mol. The lowest BCUT2D eigenvalue weighted by molar-refractivity contribution is -0.117. The van der Waals surface area contributed by atoms with Gasteiger partial charge in [0.1, 0.15) is 5.76 Å². The molecule has 1 aliphatic rings. The Kier molecular flexibility index (Phi) is 4.88. The number of para-hydroxylation sites is 1. The summed E-state index contributed by atoms with van der Waals surface area (Å²) in [5, 5.41) is 2.93. The van der Waals surface area contributed by atoms with Crippen LogP contribution < -0.4 is 5.32 Å². The van der Waals surface area contributed by atoms with Crippen LogP contribution in [0.25, 0.3) is 0 Å². The van der Waals surface area contributed by atoms with Crippen LogP contribution in [0.4, 0.5) is 5.69 Å². The Labute approximate surface area is 130 Å². The van der Waals surface area contributed by atoms with Crippen LogP contribution in [0.5, 0.6) is 0 Å². The van der Waals surface area contributed by atoms with Crippen molar-refractivity contribution in [1.82, 2.24) is 9.80 Å². The van der Waals surface area contributed by atoms with Crippen molar-refractivity contribution in [3.8, 4) is 0 Å². The number of anilines is 1. The number of benzene rings is 1. The fourth-order valence-electron chi connectivity index (χ4n) is 2.65. The molecule has 0 aliphatic carbocycles. The lowest BCUT2D eigenvalue weighted by atomic mass is 10.3. The second-order valence-electron chi connectivity index (χ2n) is 5.55. The first-order valence-corrected chi connectivity index (χ1v) is 7.61. The molecule has 0 atom stereocenters. The number of nitrogens with zero attached hydrogens (tertiary/aromatic N) is 2. The molecule has 1 aromatic carbocycles. The van der Waals surface area contributed by atoms with E-state index in [-0.39, 0.29) is 5.91 Å². The van der Waals surface area contributed by atoms with Crippen molar-refractivity contribution in [3.63, 3.8) is 0 Å². The van der Waals surface area contributed by atoms with E-state index in [4.69, 9.17) is 4.42 Å². The fraction of sp³-hybridized carbons (Fsp3) is 0.353. The molecule has 2 aromatic rings. The van der Waals surface area contributed by atoms with Crippen molar-refractivity contribution in [3.05, 3.63) is 54.5 Å². The molecule has 5 nitrogen and oxygen atoms in total. The van der Waals surface area contributed by atoms with Gasteiger partial charge in [0.25, 0.3) is 0 Å². The molecule has 5 heteroatoms. The van der Waals surface area contributed by atoms with Crippen molar-refractivity contribution in [2.75, 3.05) is 38.0 Å². The van der Waals surface area contributed by atoms with Gasteiger partial charge in [0.15, 0.2) is 0 Å². The molecule has 1 fully saturated rings. The van der Waals surface area contributed by atoms with Gasteiger partial charge in [0.05, 0.1) is 19.4 Å². The fourth-order valence-corrected chi connectivity index (χ4v) is 2.65. The number of hydrogen-bond acceptors (Lipinski definition) is 4. The maximum absolute atomic E-state index is 12.0. The van der Waals surface area contributed by atoms with Crippen molar-refractivity contribution in [2.24, 2.45) is 0 Å². The van der Waals surface area contributed by atoms with Crippen LogP contribution in [-0.4, -0.2) is 48.4 Å². The number of nitrogens with one attached hydrogen (secondary N) is 1. The minimum atomic E-state index is 0.0469. The number of carbonyl (C=O) groups excluding carboxylic acids is 1. The van der Waals surface area contributed by atoms with Crippen LogP contribution in [0, 0.1) is 0 Å². The normalized spacial score (nSPS) is 16.5. The predicted molar refractivity (Wildman–Crippen MR) is 85.5 cm³/mol. The third-order valence-electron chi connectivity index (χ3n) is 3.85. The van der Waals surface area contributed by atoms with Crippen LogP contribution in [0.1, 0.15) is 5.76 Å². The lowest BCUT2D eigenvalue weighted by Crippen LogP contribution is -2.48. The summed E-state index contributed by atoms with van der Waals surface area (Å²) in [6.07, 6.45) is 1.71. The smallest absolute Gasteiger partial charge is 0.238 e. The molecule has 1 aliphatic heterocycles. The Morgan fingerprint density at radius 2 is 1.73 bits per heavy atom. The zero-order chi connectivity index (χ0) is 15.2. The summed E-state index contributed by atoms with van der Waals surface area (Å²) in [6, 6.07) is 13.5. The zero-order valence-corrected chi connectivity index (χ0v) is 12.6. The van der Waals surface area contributed by atoms with Gasteiger partial charge in [-0.3, -0.25) is 14.6 Å². The highest BCUT2D eigenvalue weighted by Gasteiger charge is 2.19. The van der Waals surface area contributed by atoms with Gasteiger partial charge in [0.2, 0.25) is 5.91 Å². The van der Waals surface area contributed by atoms with Gasteiger partial charge in [-0.05, 0) is 24.3 Å². The summed E-state index contributed by atoms with van der Waals surface area (Å²) >= 11 is 0. The van der Waals surface area contributed by atoms with E-state index in [1.165, 1.54) is 0 Å². The molecule has 22 heavy (non-hydrogen) atoms. The quantitative estimate of drug-likeness (QED) is 0.918. The lowest BCUT2D eigenvalue weighted by Gasteiger charge is -2.33. The number of piperazine rings is 1. The molecule has 3 rings (SSSR count). The monoisotopic (exact) mass is 299 g/mol. The third kappa shape index (κ3) is 4.19. The van der Waals surface area contributed by atoms with Crippen LogP contribution >= 0.6 is 0 Å². The number of furan rings is 1. The van der Waals surface area contributed by atoms with E-state index in [1.54, 1.807) is 6.26 Å². The molecule has 116 valence electrons. The van der Waals surface area contributed by atoms with E-state index in [0.717, 1.165) is 44.2 Å². The molecular formula is C17H21N3O2. The second kappa shape index (κ2) is 7.24. The van der Waals surface area contributed by atoms with Crippen molar-refractivity contribution >= 4 is 11.6 Å². The van der Waals surface area contributed by atoms with E-state index in [9.17, 15) is 4.79 Å². The standard InChI is InChI=1S/C17H21N3O2/c21-17(18-15-5-2-1-3-6-15)14-20-10-8-19(9-11-20)13-16-7-4-12-22-16/h1-7,12H,8-11,13-14H2,(H,18,21). The van der Waals surface area contributed by atoms with Gasteiger partial charge >= 0.3 is 0 Å². The summed E-state index contributed by atoms with van der Waals surface area (Å²) < 4.78 is 5.37. The van der Waals surface area contributed by atoms with Crippen LogP contribution in [0.3, 0.4) is 0 Å². The van der Waals surface area contributed by atoms with Crippen molar-refractivity contribution in [2.45, 2.75) is 6.54 Å². The molecule has 0 unspecified atom stereocenters. The van der Waals surface area contributed by atoms with Crippen molar-refractivity contribution in [1.29, 1.82) is 0 Å². The Morgan fingerprint density at radius 3 is 2.41 bits per heavy atom. The van der Waals surface area contributed by atoms with Crippen LogP contribution in [0.2, 0.25) is 0 Å². The summed E-state index contributed by atoms with van der Waals surface area (Å²) in [7, 11) is 0. The van der Waals surface area contributed by atoms with E-state index in [0.29, 0.717) is 6.54 Å². The first-order valence-electron chi connectivity index (χ1n) is 7.61. The zero-order valence-electron chi connectivity index (χ0n) is 12.6. The summed E-state index contributed by atoms with van der Waals surface area (Å²) in [6.45, 7) is 5.02. The minimum Gasteiger partial charge on any atom is -0.468 e. The molecule has 1 aromatic heterocycles. The molecule has 2 heterocycles. The topological polar surface area (TPSA) is 48.7 Å². The summed E-state index contributed by atoms with van der Waals surface area (Å²) in [5.41, 5.74) is 0.851. The largest absolute Gasteiger partial charge is 0.468 e. The molecule has 1 N–H and O–H groups in total. The molecule has 0 bridgehead atoms. The van der Waals surface area contributed by atoms with E-state index in [1.807, 2.05) is 42.5 Å². The SMILES string of the molecule is O=C(CN1CCN(Cc2ccco2)CC1)Nc1ccccc1. The molecular weight excluding hydrogens is 278 g/mol. The van der Waals surface area contributed by atoms with E-state index < -0.39 is 0 Å². The average Bonchev–Trinajstić information content (AvgIpc) is 3.03. The first-order chi connectivity index (χ1) is 10.8. The third-order valence-corrected chi connectivity index (χ3v) is 3.85. The number of rotatable bonds is 5. The Bertz CT molecular complexity index is 575. The van der Waals surface area contributed by atoms with Gasteiger partial charge in [0, 0.05) is 31.9 Å². The highest BCUT2D eigenvalue weighted by atomic mass is 16.3. The Morgan fingerprint density at radius 1 is 1.00 bits per heavy atom. The Hall–Kier alpha value is -2.11. The maximum atomic E-state index is 12.0. The molecule has 1 saturated heterocycles. The van der Waals surface area contributed by atoms with E-state index >= 15 is 0 Å². The van der Waals surface area contributed by atoms with Gasteiger partial charge < -0.3 is 9.73 Å². The summed E-state index contributed by atoms with van der Waals surface area (Å²) in [4.78, 5) is 16.6.